The molecule has 0 spiro atoms. The lowest BCUT2D eigenvalue weighted by Crippen LogP contribution is -2.32. The number of unbranched alkanes of at least 4 members (excludes halogenated alkanes) is 3. The summed E-state index contributed by atoms with van der Waals surface area (Å²) < 4.78 is 0. The van der Waals surface area contributed by atoms with Gasteiger partial charge in [-0.25, -0.2) is 0 Å². The molecule has 1 heterocycles. The zero-order valence-electron chi connectivity index (χ0n) is 11.8. The molecule has 1 fully saturated rings. The van der Waals surface area contributed by atoms with E-state index >= 15 is 0 Å². The van der Waals surface area contributed by atoms with Gasteiger partial charge in [0.05, 0.1) is 6.54 Å². The molecule has 0 aromatic carbocycles. The first kappa shape index (κ1) is 15.4. The third kappa shape index (κ3) is 7.67. The van der Waals surface area contributed by atoms with Crippen LogP contribution in [0.25, 0.3) is 0 Å². The van der Waals surface area contributed by atoms with Crippen LogP contribution in [-0.4, -0.2) is 50.6 Å². The SMILES string of the molecule is CNCC(=O)NCCCCCCN1CCCCC1. The summed E-state index contributed by atoms with van der Waals surface area (Å²) in [5, 5.41) is 5.76. The molecule has 1 saturated heterocycles. The smallest absolute Gasteiger partial charge is 0.233 e. The summed E-state index contributed by atoms with van der Waals surface area (Å²) >= 11 is 0. The van der Waals surface area contributed by atoms with Gasteiger partial charge in [0.25, 0.3) is 0 Å². The van der Waals surface area contributed by atoms with Crippen molar-refractivity contribution < 1.29 is 4.79 Å². The van der Waals surface area contributed by atoms with E-state index in [0.717, 1.165) is 13.0 Å². The van der Waals surface area contributed by atoms with Gasteiger partial charge >= 0.3 is 0 Å². The molecule has 1 rings (SSSR count). The highest BCUT2D eigenvalue weighted by Crippen LogP contribution is 2.10. The van der Waals surface area contributed by atoms with Crippen LogP contribution >= 0.6 is 0 Å². The second-order valence-electron chi connectivity index (χ2n) is 5.20. The predicted octanol–water partition coefficient (Wildman–Crippen LogP) is 1.37. The van der Waals surface area contributed by atoms with Gasteiger partial charge < -0.3 is 15.5 Å². The molecule has 1 aliphatic rings. The summed E-state index contributed by atoms with van der Waals surface area (Å²) in [6.45, 7) is 5.13. The fourth-order valence-corrected chi connectivity index (χ4v) is 2.45. The molecule has 4 nitrogen and oxygen atoms in total. The summed E-state index contributed by atoms with van der Waals surface area (Å²) in [4.78, 5) is 13.8. The minimum Gasteiger partial charge on any atom is -0.355 e. The number of rotatable bonds is 9. The molecule has 0 aromatic rings. The first-order valence-electron chi connectivity index (χ1n) is 7.46. The normalized spacial score (nSPS) is 16.7. The van der Waals surface area contributed by atoms with Gasteiger partial charge in [0.2, 0.25) is 5.91 Å². The fourth-order valence-electron chi connectivity index (χ4n) is 2.45. The molecule has 1 amide bonds. The highest BCUT2D eigenvalue weighted by molar-refractivity contribution is 5.77. The van der Waals surface area contributed by atoms with Gasteiger partial charge in [-0.05, 0) is 52.4 Å². The Kier molecular flexibility index (Phi) is 8.86. The molecule has 0 saturated carbocycles. The van der Waals surface area contributed by atoms with E-state index in [1.807, 2.05) is 0 Å². The monoisotopic (exact) mass is 255 g/mol. The van der Waals surface area contributed by atoms with Crippen molar-refractivity contribution in [2.24, 2.45) is 0 Å². The lowest BCUT2D eigenvalue weighted by Gasteiger charge is -2.26. The molecule has 18 heavy (non-hydrogen) atoms. The van der Waals surface area contributed by atoms with E-state index in [1.165, 1.54) is 58.2 Å². The summed E-state index contributed by atoms with van der Waals surface area (Å²) in [6, 6.07) is 0. The maximum Gasteiger partial charge on any atom is 0.233 e. The first-order valence-corrected chi connectivity index (χ1v) is 7.46. The van der Waals surface area contributed by atoms with Gasteiger partial charge in [-0.15, -0.1) is 0 Å². The Hall–Kier alpha value is -0.610. The van der Waals surface area contributed by atoms with E-state index in [0.29, 0.717) is 6.54 Å². The van der Waals surface area contributed by atoms with Crippen molar-refractivity contribution in [3.8, 4) is 0 Å². The van der Waals surface area contributed by atoms with Crippen LogP contribution in [0.15, 0.2) is 0 Å². The molecule has 0 aliphatic carbocycles. The number of likely N-dealkylation sites (tertiary alicyclic amines) is 1. The number of carbonyl (C=O) groups is 1. The van der Waals surface area contributed by atoms with Crippen molar-refractivity contribution in [1.82, 2.24) is 15.5 Å². The van der Waals surface area contributed by atoms with Crippen molar-refractivity contribution in [3.05, 3.63) is 0 Å². The molecule has 1 aliphatic heterocycles. The predicted molar refractivity (Wildman–Crippen MR) is 75.7 cm³/mol. The fraction of sp³-hybridized carbons (Fsp3) is 0.929. The van der Waals surface area contributed by atoms with Crippen molar-refractivity contribution in [3.63, 3.8) is 0 Å². The third-order valence-corrected chi connectivity index (χ3v) is 3.51. The molecule has 0 bridgehead atoms. The molecular weight excluding hydrogens is 226 g/mol. The van der Waals surface area contributed by atoms with Crippen LogP contribution in [0.5, 0.6) is 0 Å². The lowest BCUT2D eigenvalue weighted by atomic mass is 10.1. The summed E-state index contributed by atoms with van der Waals surface area (Å²) in [6.07, 6.45) is 9.13. The number of piperidine rings is 1. The molecule has 0 atom stereocenters. The topological polar surface area (TPSA) is 44.4 Å². The Balaban J connectivity index is 1.82. The number of likely N-dealkylation sites (N-methyl/N-ethyl adjacent to an activating group) is 1. The van der Waals surface area contributed by atoms with E-state index in [9.17, 15) is 4.79 Å². The van der Waals surface area contributed by atoms with Crippen molar-refractivity contribution in [2.75, 3.05) is 39.8 Å². The standard InChI is InChI=1S/C14H29N3O/c1-15-13-14(18)16-9-5-2-3-6-10-17-11-7-4-8-12-17/h15H,2-13H2,1H3,(H,16,18). The molecular formula is C14H29N3O. The summed E-state index contributed by atoms with van der Waals surface area (Å²) in [5.41, 5.74) is 0. The van der Waals surface area contributed by atoms with Crippen LogP contribution in [0.1, 0.15) is 44.9 Å². The van der Waals surface area contributed by atoms with E-state index < -0.39 is 0 Å². The average Bonchev–Trinajstić information content (AvgIpc) is 2.39. The Morgan fingerprint density at radius 3 is 2.50 bits per heavy atom. The zero-order valence-corrected chi connectivity index (χ0v) is 11.8. The average molecular weight is 255 g/mol. The van der Waals surface area contributed by atoms with Crippen LogP contribution in [-0.2, 0) is 4.79 Å². The van der Waals surface area contributed by atoms with Gasteiger partial charge in [-0.1, -0.05) is 19.3 Å². The zero-order chi connectivity index (χ0) is 13.1. The minimum absolute atomic E-state index is 0.103. The maximum atomic E-state index is 11.2. The molecule has 4 heteroatoms. The molecule has 106 valence electrons. The first-order chi connectivity index (χ1) is 8.83. The number of amides is 1. The number of carbonyl (C=O) groups excluding carboxylic acids is 1. The minimum atomic E-state index is 0.103. The highest BCUT2D eigenvalue weighted by Gasteiger charge is 2.08. The lowest BCUT2D eigenvalue weighted by molar-refractivity contribution is -0.120. The van der Waals surface area contributed by atoms with Crippen LogP contribution < -0.4 is 10.6 Å². The highest BCUT2D eigenvalue weighted by atomic mass is 16.1. The van der Waals surface area contributed by atoms with Crippen LogP contribution in [0.4, 0.5) is 0 Å². The number of nitrogens with one attached hydrogen (secondary N) is 2. The molecule has 0 unspecified atom stereocenters. The number of hydrogen-bond donors (Lipinski definition) is 2. The Morgan fingerprint density at radius 2 is 1.78 bits per heavy atom. The van der Waals surface area contributed by atoms with Gasteiger partial charge in [0.1, 0.15) is 0 Å². The Labute approximate surface area is 111 Å². The largest absolute Gasteiger partial charge is 0.355 e. The molecule has 0 aromatic heterocycles. The quantitative estimate of drug-likeness (QED) is 0.612. The van der Waals surface area contributed by atoms with E-state index in [-0.39, 0.29) is 5.91 Å². The van der Waals surface area contributed by atoms with E-state index in [2.05, 4.69) is 15.5 Å². The second kappa shape index (κ2) is 10.3. The second-order valence-corrected chi connectivity index (χ2v) is 5.20. The van der Waals surface area contributed by atoms with Gasteiger partial charge in [-0.2, -0.15) is 0 Å². The van der Waals surface area contributed by atoms with E-state index in [4.69, 9.17) is 0 Å². The van der Waals surface area contributed by atoms with Crippen LogP contribution in [0.3, 0.4) is 0 Å². The van der Waals surface area contributed by atoms with E-state index in [1.54, 1.807) is 7.05 Å². The molecule has 0 radical (unpaired) electrons. The van der Waals surface area contributed by atoms with Gasteiger partial charge in [-0.3, -0.25) is 4.79 Å². The van der Waals surface area contributed by atoms with Crippen molar-refractivity contribution in [2.45, 2.75) is 44.9 Å². The Morgan fingerprint density at radius 1 is 1.06 bits per heavy atom. The van der Waals surface area contributed by atoms with Crippen molar-refractivity contribution in [1.29, 1.82) is 0 Å². The van der Waals surface area contributed by atoms with Gasteiger partial charge in [0, 0.05) is 6.54 Å². The summed E-state index contributed by atoms with van der Waals surface area (Å²) in [7, 11) is 1.79. The summed E-state index contributed by atoms with van der Waals surface area (Å²) in [5.74, 6) is 0.103. The third-order valence-electron chi connectivity index (χ3n) is 3.51. The van der Waals surface area contributed by atoms with Gasteiger partial charge in [0.15, 0.2) is 0 Å². The van der Waals surface area contributed by atoms with Crippen molar-refractivity contribution >= 4 is 5.91 Å². The molecule has 2 N–H and O–H groups in total. The van der Waals surface area contributed by atoms with Crippen LogP contribution in [0, 0.1) is 0 Å². The number of nitrogens with zero attached hydrogens (tertiary/aromatic N) is 1. The maximum absolute atomic E-state index is 11.2. The van der Waals surface area contributed by atoms with Crippen LogP contribution in [0.2, 0.25) is 0 Å². The number of hydrogen-bond acceptors (Lipinski definition) is 3. The Bertz CT molecular complexity index is 215.